The molecule has 0 spiro atoms. The molecule has 2 heterocycles. The summed E-state index contributed by atoms with van der Waals surface area (Å²) in [6.45, 7) is 0. The summed E-state index contributed by atoms with van der Waals surface area (Å²) in [5.41, 5.74) is 4.14. The van der Waals surface area contributed by atoms with Crippen LogP contribution in [0.4, 0.5) is 0 Å². The van der Waals surface area contributed by atoms with Crippen LogP contribution in [-0.4, -0.2) is 11.8 Å². The van der Waals surface area contributed by atoms with Gasteiger partial charge in [0, 0.05) is 0 Å². The highest BCUT2D eigenvalue weighted by molar-refractivity contribution is 6.06. The average Bonchev–Trinajstić information content (AvgIpc) is 3.70. The molecule has 0 aromatic heterocycles. The minimum absolute atomic E-state index is 0.116. The summed E-state index contributed by atoms with van der Waals surface area (Å²) in [6.07, 6.45) is 4.89. The number of rotatable bonds is 6. The zero-order valence-corrected chi connectivity index (χ0v) is 22.6. The quantitative estimate of drug-likeness (QED) is 0.252. The van der Waals surface area contributed by atoms with E-state index in [2.05, 4.69) is 121 Å². The van der Waals surface area contributed by atoms with Crippen LogP contribution in [0.25, 0.3) is 0 Å². The fourth-order valence-corrected chi connectivity index (χ4v) is 6.55. The molecule has 0 unspecified atom stereocenters. The maximum absolute atomic E-state index is 6.94. The van der Waals surface area contributed by atoms with Gasteiger partial charge >= 0.3 is 0 Å². The Kier molecular flexibility index (Phi) is 6.68. The maximum atomic E-state index is 6.94. The molecule has 200 valence electrons. The van der Waals surface area contributed by atoms with Crippen LogP contribution in [0.15, 0.2) is 131 Å². The molecule has 0 amide bonds. The standard InChI is InChI=1S/C36H34N2O2/c1-6-16-26(17-7-1)30-32(28-20-10-3-11-21-28)39-34(37-30)36(24-14-5-15-25-36)35-38-31(27-18-8-2-9-19-27)33(40-35)29-22-12-4-13-23-29/h1-4,6-13,16-23,30-33H,5,14-15,24-25H2/t30-,31-,32+,33+/m1/s1. The van der Waals surface area contributed by atoms with Gasteiger partial charge in [0.15, 0.2) is 12.2 Å². The van der Waals surface area contributed by atoms with Gasteiger partial charge in [-0.1, -0.05) is 141 Å². The van der Waals surface area contributed by atoms with Crippen LogP contribution in [0.3, 0.4) is 0 Å². The van der Waals surface area contributed by atoms with Gasteiger partial charge in [0.1, 0.15) is 17.5 Å². The SMILES string of the molecule is c1ccc([C@H]2N=C(C3(C4=N[C@H](c5ccccc5)[C@H](c5ccccc5)O4)CCCCC3)O[C@H]2c2ccccc2)cc1. The highest BCUT2D eigenvalue weighted by Gasteiger charge is 2.53. The molecular formula is C36H34N2O2. The van der Waals surface area contributed by atoms with Crippen molar-refractivity contribution in [3.05, 3.63) is 144 Å². The number of nitrogens with zero attached hydrogens (tertiary/aromatic N) is 2. The van der Waals surface area contributed by atoms with Gasteiger partial charge in [-0.2, -0.15) is 0 Å². The fraction of sp³-hybridized carbons (Fsp3) is 0.278. The molecule has 1 saturated carbocycles. The molecule has 1 aliphatic carbocycles. The van der Waals surface area contributed by atoms with E-state index in [1.165, 1.54) is 6.42 Å². The monoisotopic (exact) mass is 526 g/mol. The topological polar surface area (TPSA) is 43.2 Å². The molecule has 7 rings (SSSR count). The molecule has 3 aliphatic rings. The second-order valence-corrected chi connectivity index (χ2v) is 11.1. The highest BCUT2D eigenvalue weighted by atomic mass is 16.5. The first-order valence-corrected chi connectivity index (χ1v) is 14.5. The summed E-state index contributed by atoms with van der Waals surface area (Å²) in [6, 6.07) is 41.8. The Balaban J connectivity index is 1.32. The summed E-state index contributed by atoms with van der Waals surface area (Å²) in [7, 11) is 0. The van der Waals surface area contributed by atoms with Crippen molar-refractivity contribution >= 4 is 11.8 Å². The first-order chi connectivity index (χ1) is 19.8. The van der Waals surface area contributed by atoms with Gasteiger partial charge < -0.3 is 9.47 Å². The van der Waals surface area contributed by atoms with E-state index >= 15 is 0 Å². The van der Waals surface area contributed by atoms with E-state index in [0.717, 1.165) is 59.7 Å². The Morgan fingerprint density at radius 1 is 0.450 bits per heavy atom. The second kappa shape index (κ2) is 10.8. The third-order valence-electron chi connectivity index (χ3n) is 8.63. The van der Waals surface area contributed by atoms with Gasteiger partial charge in [0.2, 0.25) is 11.8 Å². The molecule has 0 bridgehead atoms. The summed E-state index contributed by atoms with van der Waals surface area (Å²) in [5.74, 6) is 1.57. The molecule has 0 radical (unpaired) electrons. The van der Waals surface area contributed by atoms with E-state index in [4.69, 9.17) is 19.5 Å². The Morgan fingerprint density at radius 2 is 0.800 bits per heavy atom. The van der Waals surface area contributed by atoms with Gasteiger partial charge in [-0.25, -0.2) is 9.98 Å². The molecule has 4 aromatic rings. The van der Waals surface area contributed by atoms with Crippen LogP contribution in [0, 0.1) is 5.41 Å². The molecule has 0 N–H and O–H groups in total. The number of benzene rings is 4. The van der Waals surface area contributed by atoms with E-state index in [1.54, 1.807) is 0 Å². The van der Waals surface area contributed by atoms with Crippen LogP contribution in [-0.2, 0) is 9.47 Å². The van der Waals surface area contributed by atoms with E-state index in [9.17, 15) is 0 Å². The number of hydrogen-bond acceptors (Lipinski definition) is 4. The van der Waals surface area contributed by atoms with Crippen LogP contribution >= 0.6 is 0 Å². The van der Waals surface area contributed by atoms with Crippen molar-refractivity contribution in [2.75, 3.05) is 0 Å². The first-order valence-electron chi connectivity index (χ1n) is 14.5. The maximum Gasteiger partial charge on any atom is 0.200 e. The molecule has 4 aromatic carbocycles. The second-order valence-electron chi connectivity index (χ2n) is 11.1. The molecular weight excluding hydrogens is 492 g/mol. The van der Waals surface area contributed by atoms with Crippen molar-refractivity contribution in [3.63, 3.8) is 0 Å². The van der Waals surface area contributed by atoms with Crippen molar-refractivity contribution in [2.45, 2.75) is 56.4 Å². The van der Waals surface area contributed by atoms with Crippen molar-refractivity contribution in [1.29, 1.82) is 0 Å². The van der Waals surface area contributed by atoms with E-state index < -0.39 is 5.41 Å². The van der Waals surface area contributed by atoms with E-state index in [-0.39, 0.29) is 24.3 Å². The van der Waals surface area contributed by atoms with Crippen molar-refractivity contribution in [3.8, 4) is 0 Å². The number of hydrogen-bond donors (Lipinski definition) is 0. The predicted molar refractivity (Wildman–Crippen MR) is 159 cm³/mol. The molecule has 4 nitrogen and oxygen atoms in total. The third-order valence-corrected chi connectivity index (χ3v) is 8.63. The molecule has 1 fully saturated rings. The molecule has 2 aliphatic heterocycles. The number of ether oxygens (including phenoxy) is 2. The lowest BCUT2D eigenvalue weighted by Crippen LogP contribution is -2.42. The van der Waals surface area contributed by atoms with Crippen LogP contribution in [0.5, 0.6) is 0 Å². The highest BCUT2D eigenvalue weighted by Crippen LogP contribution is 2.52. The minimum Gasteiger partial charge on any atom is -0.469 e. The molecule has 4 atom stereocenters. The minimum atomic E-state index is -0.467. The van der Waals surface area contributed by atoms with Gasteiger partial charge in [0.25, 0.3) is 0 Å². The predicted octanol–water partition coefficient (Wildman–Crippen LogP) is 8.76. The first kappa shape index (κ1) is 24.8. The van der Waals surface area contributed by atoms with E-state index in [1.807, 2.05) is 0 Å². The summed E-state index contributed by atoms with van der Waals surface area (Å²) in [5, 5.41) is 0. The average molecular weight is 527 g/mol. The summed E-state index contributed by atoms with van der Waals surface area (Å²) >= 11 is 0. The molecule has 0 saturated heterocycles. The fourth-order valence-electron chi connectivity index (χ4n) is 6.55. The zero-order chi connectivity index (χ0) is 26.8. The van der Waals surface area contributed by atoms with Gasteiger partial charge in [0.05, 0.1) is 0 Å². The van der Waals surface area contributed by atoms with Crippen LogP contribution in [0.1, 0.15) is 78.6 Å². The van der Waals surface area contributed by atoms with Gasteiger partial charge in [-0.3, -0.25) is 0 Å². The third kappa shape index (κ3) is 4.52. The van der Waals surface area contributed by atoms with Crippen molar-refractivity contribution in [2.24, 2.45) is 15.4 Å². The largest absolute Gasteiger partial charge is 0.469 e. The molecule has 4 heteroatoms. The lowest BCUT2D eigenvalue weighted by atomic mass is 9.73. The van der Waals surface area contributed by atoms with Crippen molar-refractivity contribution < 1.29 is 9.47 Å². The van der Waals surface area contributed by atoms with Gasteiger partial charge in [-0.15, -0.1) is 0 Å². The Labute approximate surface area is 236 Å². The Morgan fingerprint density at radius 3 is 1.18 bits per heavy atom. The van der Waals surface area contributed by atoms with Crippen LogP contribution < -0.4 is 0 Å². The zero-order valence-electron chi connectivity index (χ0n) is 22.6. The lowest BCUT2D eigenvalue weighted by Gasteiger charge is -2.36. The molecule has 40 heavy (non-hydrogen) atoms. The Hall–Kier alpha value is -4.18. The lowest BCUT2D eigenvalue weighted by molar-refractivity contribution is 0.142. The smallest absolute Gasteiger partial charge is 0.200 e. The Bertz CT molecular complexity index is 1370. The summed E-state index contributed by atoms with van der Waals surface area (Å²) in [4.78, 5) is 10.8. The van der Waals surface area contributed by atoms with Gasteiger partial charge in [-0.05, 0) is 35.1 Å². The van der Waals surface area contributed by atoms with Crippen LogP contribution in [0.2, 0.25) is 0 Å². The normalized spacial score (nSPS) is 25.4. The van der Waals surface area contributed by atoms with E-state index in [0.29, 0.717) is 0 Å². The summed E-state index contributed by atoms with van der Waals surface area (Å²) < 4.78 is 13.9. The number of aliphatic imine (C=N–C) groups is 2. The van der Waals surface area contributed by atoms with Crippen molar-refractivity contribution in [1.82, 2.24) is 0 Å².